The molecule has 2 aliphatic heterocycles. The van der Waals surface area contributed by atoms with Crippen molar-refractivity contribution < 1.29 is 19.1 Å². The normalized spacial score (nSPS) is 20.3. The van der Waals surface area contributed by atoms with E-state index >= 15 is 0 Å². The van der Waals surface area contributed by atoms with Crippen LogP contribution in [0.15, 0.2) is 36.4 Å². The summed E-state index contributed by atoms with van der Waals surface area (Å²) in [6, 6.07) is 11.6. The summed E-state index contributed by atoms with van der Waals surface area (Å²) in [6.45, 7) is 6.44. The number of carbonyl (C=O) groups excluding carboxylic acids is 2. The quantitative estimate of drug-likeness (QED) is 0.831. The Bertz CT molecular complexity index is 839. The summed E-state index contributed by atoms with van der Waals surface area (Å²) < 4.78 is 12.9. The van der Waals surface area contributed by atoms with E-state index in [1.165, 1.54) is 0 Å². The molecule has 0 spiro atoms. The topological polar surface area (TPSA) is 64.0 Å². The number of cyclic esters (lactones) is 1. The van der Waals surface area contributed by atoms with Crippen LogP contribution >= 0.6 is 0 Å². The molecule has 142 valence electrons. The minimum Gasteiger partial charge on any atom is -0.442 e. The van der Waals surface area contributed by atoms with E-state index in [2.05, 4.69) is 16.7 Å². The van der Waals surface area contributed by atoms with Crippen LogP contribution in [-0.4, -0.2) is 49.0 Å². The predicted octanol–water partition coefficient (Wildman–Crippen LogP) is 2.49. The van der Waals surface area contributed by atoms with E-state index < -0.39 is 0 Å². The molecule has 3 heterocycles. The summed E-state index contributed by atoms with van der Waals surface area (Å²) in [7, 11) is 0. The summed E-state index contributed by atoms with van der Waals surface area (Å²) in [5.74, 6) is -0.0490. The van der Waals surface area contributed by atoms with Gasteiger partial charge in [0.25, 0.3) is 5.91 Å². The first-order chi connectivity index (χ1) is 13.0. The van der Waals surface area contributed by atoms with Crippen LogP contribution in [0.4, 0.5) is 16.2 Å². The van der Waals surface area contributed by atoms with E-state index in [1.807, 2.05) is 38.1 Å². The molecule has 2 amide bonds. The van der Waals surface area contributed by atoms with Gasteiger partial charge < -0.3 is 18.9 Å². The lowest BCUT2D eigenvalue weighted by Gasteiger charge is -2.27. The fourth-order valence-corrected chi connectivity index (χ4v) is 3.62. The lowest BCUT2D eigenvalue weighted by Crippen LogP contribution is -2.41. The van der Waals surface area contributed by atoms with Crippen molar-refractivity contribution in [2.75, 3.05) is 36.1 Å². The smallest absolute Gasteiger partial charge is 0.414 e. The average Bonchev–Trinajstić information content (AvgIpc) is 3.19. The molecule has 0 saturated carbocycles. The molecular formula is C20H23N3O4. The van der Waals surface area contributed by atoms with Gasteiger partial charge in [-0.15, -0.1) is 0 Å². The molecule has 0 aliphatic carbocycles. The Labute approximate surface area is 158 Å². The second-order valence-electron chi connectivity index (χ2n) is 6.96. The molecule has 2 aromatic rings. The van der Waals surface area contributed by atoms with Crippen LogP contribution in [0.5, 0.6) is 0 Å². The Morgan fingerprint density at radius 2 is 1.59 bits per heavy atom. The first-order valence-electron chi connectivity index (χ1n) is 9.12. The van der Waals surface area contributed by atoms with Gasteiger partial charge in [-0.05, 0) is 50.2 Å². The van der Waals surface area contributed by atoms with Gasteiger partial charge in [0, 0.05) is 29.3 Å². The lowest BCUT2D eigenvalue weighted by molar-refractivity contribution is -0.125. The highest BCUT2D eigenvalue weighted by molar-refractivity contribution is 5.95. The zero-order chi connectivity index (χ0) is 19.0. The number of benzene rings is 1. The molecule has 0 radical (unpaired) electrons. The molecular weight excluding hydrogens is 346 g/mol. The highest BCUT2D eigenvalue weighted by atomic mass is 16.6. The number of amides is 2. The minimum absolute atomic E-state index is 0.0490. The average molecular weight is 369 g/mol. The van der Waals surface area contributed by atoms with Crippen molar-refractivity contribution >= 4 is 23.4 Å². The van der Waals surface area contributed by atoms with Crippen molar-refractivity contribution in [1.82, 2.24) is 4.57 Å². The second kappa shape index (κ2) is 7.08. The highest BCUT2D eigenvalue weighted by Crippen LogP contribution is 2.26. The first kappa shape index (κ1) is 17.6. The van der Waals surface area contributed by atoms with Crippen LogP contribution in [0, 0.1) is 13.8 Å². The Kier molecular flexibility index (Phi) is 4.61. The van der Waals surface area contributed by atoms with Gasteiger partial charge >= 0.3 is 6.09 Å². The third-order valence-corrected chi connectivity index (χ3v) is 5.14. The molecule has 1 aromatic heterocycles. The SMILES string of the molecule is Cc1ccc(C)n1C[C@@H]1CN(c2ccc(N3CCOCC3=O)cc2)C(=O)O1. The van der Waals surface area contributed by atoms with Gasteiger partial charge in [-0.3, -0.25) is 9.69 Å². The van der Waals surface area contributed by atoms with E-state index in [1.54, 1.807) is 9.80 Å². The molecule has 2 fully saturated rings. The number of hydrogen-bond donors (Lipinski definition) is 0. The number of rotatable bonds is 4. The van der Waals surface area contributed by atoms with Gasteiger partial charge in [-0.25, -0.2) is 4.79 Å². The van der Waals surface area contributed by atoms with E-state index in [9.17, 15) is 9.59 Å². The number of aromatic nitrogens is 1. The van der Waals surface area contributed by atoms with Crippen molar-refractivity contribution in [1.29, 1.82) is 0 Å². The van der Waals surface area contributed by atoms with Crippen molar-refractivity contribution in [3.63, 3.8) is 0 Å². The maximum Gasteiger partial charge on any atom is 0.414 e. The summed E-state index contributed by atoms with van der Waals surface area (Å²) in [5, 5.41) is 0. The number of morpholine rings is 1. The molecule has 0 unspecified atom stereocenters. The molecule has 2 aliphatic rings. The molecule has 1 atom stereocenters. The van der Waals surface area contributed by atoms with Crippen LogP contribution in [0.1, 0.15) is 11.4 Å². The van der Waals surface area contributed by atoms with E-state index in [4.69, 9.17) is 9.47 Å². The van der Waals surface area contributed by atoms with Crippen LogP contribution in [0.3, 0.4) is 0 Å². The standard InChI is InChI=1S/C20H23N3O4/c1-14-3-4-15(2)22(14)11-18-12-23(20(25)27-18)17-7-5-16(6-8-17)21-9-10-26-13-19(21)24/h3-8,18H,9-13H2,1-2H3/t18-/m1/s1. The van der Waals surface area contributed by atoms with E-state index in [0.717, 1.165) is 22.8 Å². The third kappa shape index (κ3) is 3.42. The fourth-order valence-electron chi connectivity index (χ4n) is 3.62. The molecule has 0 bridgehead atoms. The number of anilines is 2. The van der Waals surface area contributed by atoms with E-state index in [0.29, 0.717) is 26.2 Å². The van der Waals surface area contributed by atoms with Gasteiger partial charge in [0.1, 0.15) is 12.7 Å². The Hall–Kier alpha value is -2.80. The van der Waals surface area contributed by atoms with Crippen molar-refractivity contribution in [3.8, 4) is 0 Å². The molecule has 7 heteroatoms. The van der Waals surface area contributed by atoms with Gasteiger partial charge in [0.15, 0.2) is 0 Å². The second-order valence-corrected chi connectivity index (χ2v) is 6.96. The number of nitrogens with zero attached hydrogens (tertiary/aromatic N) is 3. The monoisotopic (exact) mass is 369 g/mol. The van der Waals surface area contributed by atoms with Crippen molar-refractivity contribution in [2.24, 2.45) is 0 Å². The third-order valence-electron chi connectivity index (χ3n) is 5.14. The van der Waals surface area contributed by atoms with E-state index in [-0.39, 0.29) is 24.7 Å². The maximum absolute atomic E-state index is 12.3. The Morgan fingerprint density at radius 3 is 2.22 bits per heavy atom. The highest BCUT2D eigenvalue weighted by Gasteiger charge is 2.33. The Balaban J connectivity index is 1.45. The fraction of sp³-hybridized carbons (Fsp3) is 0.400. The molecule has 27 heavy (non-hydrogen) atoms. The number of hydrogen-bond acceptors (Lipinski definition) is 4. The van der Waals surface area contributed by atoms with Crippen LogP contribution in [0.2, 0.25) is 0 Å². The predicted molar refractivity (Wildman–Crippen MR) is 101 cm³/mol. The van der Waals surface area contributed by atoms with Crippen LogP contribution in [0.25, 0.3) is 0 Å². The summed E-state index contributed by atoms with van der Waals surface area (Å²) in [6.07, 6.45) is -0.527. The lowest BCUT2D eigenvalue weighted by atomic mass is 10.2. The maximum atomic E-state index is 12.3. The molecule has 0 N–H and O–H groups in total. The largest absolute Gasteiger partial charge is 0.442 e. The summed E-state index contributed by atoms with van der Waals surface area (Å²) >= 11 is 0. The molecule has 4 rings (SSSR count). The van der Waals surface area contributed by atoms with Crippen LogP contribution in [-0.2, 0) is 20.8 Å². The summed E-state index contributed by atoms with van der Waals surface area (Å²) in [5.41, 5.74) is 3.89. The molecule has 1 aromatic carbocycles. The number of aryl methyl sites for hydroxylation is 2. The number of carbonyl (C=O) groups is 2. The molecule has 7 nitrogen and oxygen atoms in total. The zero-order valence-electron chi connectivity index (χ0n) is 15.6. The van der Waals surface area contributed by atoms with Gasteiger partial charge in [0.2, 0.25) is 0 Å². The van der Waals surface area contributed by atoms with Crippen LogP contribution < -0.4 is 9.80 Å². The van der Waals surface area contributed by atoms with Gasteiger partial charge in [-0.2, -0.15) is 0 Å². The Morgan fingerprint density at radius 1 is 0.963 bits per heavy atom. The van der Waals surface area contributed by atoms with Crippen molar-refractivity contribution in [2.45, 2.75) is 26.5 Å². The van der Waals surface area contributed by atoms with Crippen molar-refractivity contribution in [3.05, 3.63) is 47.8 Å². The first-order valence-corrected chi connectivity index (χ1v) is 9.12. The molecule has 2 saturated heterocycles. The minimum atomic E-state index is -0.335. The zero-order valence-corrected chi connectivity index (χ0v) is 15.6. The summed E-state index contributed by atoms with van der Waals surface area (Å²) in [4.78, 5) is 27.6. The number of ether oxygens (including phenoxy) is 2. The van der Waals surface area contributed by atoms with Gasteiger partial charge in [-0.1, -0.05) is 0 Å². The van der Waals surface area contributed by atoms with Gasteiger partial charge in [0.05, 0.1) is 19.7 Å².